The summed E-state index contributed by atoms with van der Waals surface area (Å²) < 4.78 is 5.96. The summed E-state index contributed by atoms with van der Waals surface area (Å²) in [6.07, 6.45) is 8.34. The first-order valence-electron chi connectivity index (χ1n) is 6.63. The smallest absolute Gasteiger partial charge is 0.213 e. The minimum Gasteiger partial charge on any atom is -0.474 e. The van der Waals surface area contributed by atoms with Gasteiger partial charge in [0.15, 0.2) is 0 Å². The van der Waals surface area contributed by atoms with Crippen molar-refractivity contribution in [2.24, 2.45) is 11.7 Å². The average Bonchev–Trinajstić information content (AvgIpc) is 2.39. The Morgan fingerprint density at radius 2 is 2.35 bits per heavy atom. The zero-order valence-corrected chi connectivity index (χ0v) is 10.6. The van der Waals surface area contributed by atoms with Crippen molar-refractivity contribution in [2.45, 2.75) is 51.7 Å². The standard InChI is InChI=1S/C14H22N2O/c1-2-11-4-3-5-13(8-11)17-14-9-12(10-15)6-7-16-14/h6-7,9,11,13H,2-5,8,10,15H2,1H3. The van der Waals surface area contributed by atoms with Crippen LogP contribution in [-0.4, -0.2) is 11.1 Å². The summed E-state index contributed by atoms with van der Waals surface area (Å²) in [4.78, 5) is 4.25. The van der Waals surface area contributed by atoms with Crippen LogP contribution in [0.15, 0.2) is 18.3 Å². The van der Waals surface area contributed by atoms with Gasteiger partial charge in [0.2, 0.25) is 5.88 Å². The lowest BCUT2D eigenvalue weighted by molar-refractivity contribution is 0.117. The van der Waals surface area contributed by atoms with Crippen LogP contribution < -0.4 is 10.5 Å². The first kappa shape index (κ1) is 12.4. The Labute approximate surface area is 103 Å². The van der Waals surface area contributed by atoms with E-state index in [4.69, 9.17) is 10.5 Å². The predicted octanol–water partition coefficient (Wildman–Crippen LogP) is 2.89. The minimum absolute atomic E-state index is 0.342. The quantitative estimate of drug-likeness (QED) is 0.871. The zero-order valence-electron chi connectivity index (χ0n) is 10.6. The van der Waals surface area contributed by atoms with E-state index < -0.39 is 0 Å². The van der Waals surface area contributed by atoms with Crippen molar-refractivity contribution in [1.82, 2.24) is 4.98 Å². The van der Waals surface area contributed by atoms with Crippen LogP contribution in [0.5, 0.6) is 5.88 Å². The summed E-state index contributed by atoms with van der Waals surface area (Å²) in [5.41, 5.74) is 6.69. The zero-order chi connectivity index (χ0) is 12.1. The van der Waals surface area contributed by atoms with Gasteiger partial charge < -0.3 is 10.5 Å². The monoisotopic (exact) mass is 234 g/mol. The molecule has 2 rings (SSSR count). The van der Waals surface area contributed by atoms with Crippen LogP contribution in [0.4, 0.5) is 0 Å². The summed E-state index contributed by atoms with van der Waals surface area (Å²) in [5, 5.41) is 0. The molecule has 2 unspecified atom stereocenters. The fraction of sp³-hybridized carbons (Fsp3) is 0.643. The second kappa shape index (κ2) is 6.01. The van der Waals surface area contributed by atoms with Gasteiger partial charge in [-0.15, -0.1) is 0 Å². The molecular weight excluding hydrogens is 212 g/mol. The Morgan fingerprint density at radius 1 is 1.47 bits per heavy atom. The van der Waals surface area contributed by atoms with Crippen LogP contribution in [-0.2, 0) is 6.54 Å². The lowest BCUT2D eigenvalue weighted by atomic mass is 9.85. The van der Waals surface area contributed by atoms with Crippen molar-refractivity contribution < 1.29 is 4.74 Å². The molecule has 2 N–H and O–H groups in total. The van der Waals surface area contributed by atoms with Gasteiger partial charge >= 0.3 is 0 Å². The molecule has 1 aromatic heterocycles. The van der Waals surface area contributed by atoms with Gasteiger partial charge in [-0.1, -0.05) is 19.8 Å². The largest absolute Gasteiger partial charge is 0.474 e. The maximum atomic E-state index is 5.96. The third kappa shape index (κ3) is 3.43. The van der Waals surface area contributed by atoms with Crippen LogP contribution in [0, 0.1) is 5.92 Å². The van der Waals surface area contributed by atoms with E-state index in [1.807, 2.05) is 12.1 Å². The highest BCUT2D eigenvalue weighted by Crippen LogP contribution is 2.29. The van der Waals surface area contributed by atoms with Crippen molar-refractivity contribution in [3.05, 3.63) is 23.9 Å². The van der Waals surface area contributed by atoms with Gasteiger partial charge in [0.1, 0.15) is 6.10 Å². The van der Waals surface area contributed by atoms with E-state index in [0.717, 1.165) is 23.8 Å². The molecule has 1 aliphatic carbocycles. The average molecular weight is 234 g/mol. The normalized spacial score (nSPS) is 24.6. The molecule has 1 aliphatic rings. The number of hydrogen-bond donors (Lipinski definition) is 1. The molecule has 0 aromatic carbocycles. The van der Waals surface area contributed by atoms with Gasteiger partial charge in [-0.3, -0.25) is 0 Å². The minimum atomic E-state index is 0.342. The highest BCUT2D eigenvalue weighted by molar-refractivity contribution is 5.20. The van der Waals surface area contributed by atoms with Crippen LogP contribution in [0.25, 0.3) is 0 Å². The maximum Gasteiger partial charge on any atom is 0.213 e. The van der Waals surface area contributed by atoms with E-state index in [1.165, 1.54) is 25.7 Å². The molecule has 17 heavy (non-hydrogen) atoms. The maximum absolute atomic E-state index is 5.96. The number of aromatic nitrogens is 1. The molecule has 0 aliphatic heterocycles. The Balaban J connectivity index is 1.95. The van der Waals surface area contributed by atoms with E-state index in [9.17, 15) is 0 Å². The second-order valence-electron chi connectivity index (χ2n) is 4.89. The summed E-state index contributed by atoms with van der Waals surface area (Å²) >= 11 is 0. The van der Waals surface area contributed by atoms with Crippen LogP contribution >= 0.6 is 0 Å². The number of ether oxygens (including phenoxy) is 1. The summed E-state index contributed by atoms with van der Waals surface area (Å²) in [5.74, 6) is 1.56. The summed E-state index contributed by atoms with van der Waals surface area (Å²) in [6, 6.07) is 3.89. The lowest BCUT2D eigenvalue weighted by Crippen LogP contribution is -2.25. The first-order chi connectivity index (χ1) is 8.31. The molecule has 0 bridgehead atoms. The Bertz CT molecular complexity index is 354. The van der Waals surface area contributed by atoms with Crippen molar-refractivity contribution >= 4 is 0 Å². The molecule has 1 fully saturated rings. The molecule has 3 nitrogen and oxygen atoms in total. The molecule has 1 saturated carbocycles. The SMILES string of the molecule is CCC1CCCC(Oc2cc(CN)ccn2)C1. The predicted molar refractivity (Wildman–Crippen MR) is 68.8 cm³/mol. The summed E-state index contributed by atoms with van der Waals surface area (Å²) in [7, 11) is 0. The number of nitrogens with zero attached hydrogens (tertiary/aromatic N) is 1. The van der Waals surface area contributed by atoms with Gasteiger partial charge in [0.25, 0.3) is 0 Å². The van der Waals surface area contributed by atoms with Gasteiger partial charge in [-0.2, -0.15) is 0 Å². The van der Waals surface area contributed by atoms with Crippen molar-refractivity contribution in [2.75, 3.05) is 0 Å². The van der Waals surface area contributed by atoms with Crippen molar-refractivity contribution in [1.29, 1.82) is 0 Å². The molecule has 0 spiro atoms. The van der Waals surface area contributed by atoms with Crippen LogP contribution in [0.1, 0.15) is 44.6 Å². The fourth-order valence-corrected chi connectivity index (χ4v) is 2.53. The van der Waals surface area contributed by atoms with Crippen LogP contribution in [0.3, 0.4) is 0 Å². The number of rotatable bonds is 4. The van der Waals surface area contributed by atoms with E-state index in [2.05, 4.69) is 11.9 Å². The first-order valence-corrected chi connectivity index (χ1v) is 6.63. The van der Waals surface area contributed by atoms with E-state index in [1.54, 1.807) is 6.20 Å². The number of nitrogens with two attached hydrogens (primary N) is 1. The fourth-order valence-electron chi connectivity index (χ4n) is 2.53. The van der Waals surface area contributed by atoms with E-state index in [0.29, 0.717) is 12.6 Å². The highest BCUT2D eigenvalue weighted by Gasteiger charge is 2.22. The molecule has 2 atom stereocenters. The van der Waals surface area contributed by atoms with Crippen molar-refractivity contribution in [3.63, 3.8) is 0 Å². The van der Waals surface area contributed by atoms with E-state index in [-0.39, 0.29) is 0 Å². The molecule has 94 valence electrons. The number of hydrogen-bond acceptors (Lipinski definition) is 3. The Morgan fingerprint density at radius 3 is 3.12 bits per heavy atom. The topological polar surface area (TPSA) is 48.1 Å². The lowest BCUT2D eigenvalue weighted by Gasteiger charge is -2.28. The van der Waals surface area contributed by atoms with Gasteiger partial charge in [0, 0.05) is 18.8 Å². The molecule has 0 radical (unpaired) electrons. The van der Waals surface area contributed by atoms with Gasteiger partial charge in [0.05, 0.1) is 0 Å². The molecule has 1 heterocycles. The molecular formula is C14H22N2O. The molecule has 0 saturated heterocycles. The number of pyridine rings is 1. The molecule has 3 heteroatoms. The summed E-state index contributed by atoms with van der Waals surface area (Å²) in [6.45, 7) is 2.81. The van der Waals surface area contributed by atoms with Crippen LogP contribution in [0.2, 0.25) is 0 Å². The van der Waals surface area contributed by atoms with E-state index >= 15 is 0 Å². The van der Waals surface area contributed by atoms with Gasteiger partial charge in [-0.05, 0) is 36.8 Å². The third-order valence-electron chi connectivity index (χ3n) is 3.63. The molecule has 1 aromatic rings. The Hall–Kier alpha value is -1.09. The highest BCUT2D eigenvalue weighted by atomic mass is 16.5. The second-order valence-corrected chi connectivity index (χ2v) is 4.89. The molecule has 0 amide bonds. The van der Waals surface area contributed by atoms with Gasteiger partial charge in [-0.25, -0.2) is 4.98 Å². The Kier molecular flexibility index (Phi) is 4.37. The third-order valence-corrected chi connectivity index (χ3v) is 3.63. The van der Waals surface area contributed by atoms with Crippen molar-refractivity contribution in [3.8, 4) is 5.88 Å².